The normalized spacial score (nSPS) is 13.7. The van der Waals surface area contributed by atoms with Crippen LogP contribution in [0.2, 0.25) is 0 Å². The first kappa shape index (κ1) is 12.9. The molecule has 96 valence electrons. The topological polar surface area (TPSA) is 83.2 Å². The predicted octanol–water partition coefficient (Wildman–Crippen LogP) is 0.476. The summed E-state index contributed by atoms with van der Waals surface area (Å²) >= 11 is 0. The summed E-state index contributed by atoms with van der Waals surface area (Å²) in [5.74, 6) is 0. The molecule has 6 nitrogen and oxygen atoms in total. The number of nitrogens with one attached hydrogen (secondary N) is 1. The Bertz CT molecular complexity index is 657. The predicted molar refractivity (Wildman–Crippen MR) is 66.2 cm³/mol. The molecule has 0 amide bonds. The number of benzene rings is 1. The minimum Gasteiger partial charge on any atom is -0.273 e. The Hall–Kier alpha value is -1.57. The van der Waals surface area contributed by atoms with Gasteiger partial charge in [-0.2, -0.15) is 13.1 Å². The largest absolute Gasteiger partial charge is 0.333 e. The Balaban J connectivity index is 2.20. The van der Waals surface area contributed by atoms with Gasteiger partial charge in [-0.25, -0.2) is 0 Å². The lowest BCUT2D eigenvalue weighted by Crippen LogP contribution is -2.46. The first-order valence-corrected chi connectivity index (χ1v) is 6.89. The first-order valence-electron chi connectivity index (χ1n) is 5.45. The molecule has 0 saturated carbocycles. The molecule has 0 aliphatic carbocycles. The van der Waals surface area contributed by atoms with Gasteiger partial charge < -0.3 is 0 Å². The van der Waals surface area contributed by atoms with Crippen molar-refractivity contribution in [3.8, 4) is 0 Å². The van der Waals surface area contributed by atoms with Gasteiger partial charge in [0.15, 0.2) is 12.2 Å². The maximum Gasteiger partial charge on any atom is 0.333 e. The van der Waals surface area contributed by atoms with Gasteiger partial charge >= 0.3 is 10.3 Å². The van der Waals surface area contributed by atoms with Crippen LogP contribution in [0.1, 0.15) is 13.0 Å². The van der Waals surface area contributed by atoms with Crippen LogP contribution < -0.4 is 9.40 Å². The number of hydrogen-bond donors (Lipinski definition) is 2. The van der Waals surface area contributed by atoms with Crippen LogP contribution in [-0.2, 0) is 10.3 Å². The van der Waals surface area contributed by atoms with E-state index in [1.165, 1.54) is 0 Å². The van der Waals surface area contributed by atoms with Crippen LogP contribution in [0, 0.1) is 0 Å². The fourth-order valence-electron chi connectivity index (χ4n) is 1.60. The standard InChI is InChI=1S/C11H13N3O3S/c1-9(8-12-18(15,16)17)14-7-6-10-4-2-3-5-11(10)13-14/h2-7,9,12H,8H2,1H3/p+1/t9-/m1/s1. The van der Waals surface area contributed by atoms with Crippen molar-refractivity contribution >= 4 is 21.2 Å². The molecule has 1 atom stereocenters. The zero-order chi connectivity index (χ0) is 13.2. The van der Waals surface area contributed by atoms with Crippen molar-refractivity contribution < 1.29 is 17.7 Å². The second kappa shape index (κ2) is 4.97. The van der Waals surface area contributed by atoms with E-state index in [0.717, 1.165) is 10.9 Å². The summed E-state index contributed by atoms with van der Waals surface area (Å²) in [7, 11) is -4.16. The molecule has 2 N–H and O–H groups in total. The summed E-state index contributed by atoms with van der Waals surface area (Å²) in [6, 6.07) is 9.37. The number of hydrogen-bond acceptors (Lipinski definition) is 3. The fourth-order valence-corrected chi connectivity index (χ4v) is 2.05. The van der Waals surface area contributed by atoms with Crippen molar-refractivity contribution in [3.05, 3.63) is 36.5 Å². The van der Waals surface area contributed by atoms with Crippen molar-refractivity contribution in [1.29, 1.82) is 0 Å². The zero-order valence-corrected chi connectivity index (χ0v) is 10.6. The van der Waals surface area contributed by atoms with E-state index < -0.39 is 10.3 Å². The van der Waals surface area contributed by atoms with Crippen molar-refractivity contribution in [2.45, 2.75) is 13.0 Å². The van der Waals surface area contributed by atoms with Crippen LogP contribution in [-0.4, -0.2) is 24.6 Å². The highest BCUT2D eigenvalue weighted by Crippen LogP contribution is 2.07. The molecule has 0 bridgehead atoms. The third-order valence-electron chi connectivity index (χ3n) is 2.58. The molecular formula is C11H14N3O3S+. The van der Waals surface area contributed by atoms with E-state index in [4.69, 9.17) is 4.55 Å². The van der Waals surface area contributed by atoms with Crippen LogP contribution in [0.5, 0.6) is 0 Å². The van der Waals surface area contributed by atoms with Crippen LogP contribution in [0.4, 0.5) is 0 Å². The third kappa shape index (κ3) is 3.22. The quantitative estimate of drug-likeness (QED) is 0.624. The van der Waals surface area contributed by atoms with E-state index in [1.54, 1.807) is 17.8 Å². The molecule has 1 heterocycles. The van der Waals surface area contributed by atoms with Crippen LogP contribution in [0.3, 0.4) is 0 Å². The van der Waals surface area contributed by atoms with E-state index in [1.807, 2.05) is 35.1 Å². The Kier molecular flexibility index (Phi) is 3.55. The summed E-state index contributed by atoms with van der Waals surface area (Å²) in [6.07, 6.45) is 1.78. The zero-order valence-electron chi connectivity index (χ0n) is 9.81. The van der Waals surface area contributed by atoms with E-state index in [2.05, 4.69) is 5.10 Å². The Morgan fingerprint density at radius 1 is 1.39 bits per heavy atom. The third-order valence-corrected chi connectivity index (χ3v) is 3.11. The molecule has 0 saturated heterocycles. The lowest BCUT2D eigenvalue weighted by molar-refractivity contribution is -0.770. The minimum atomic E-state index is -4.16. The first-order chi connectivity index (χ1) is 8.46. The van der Waals surface area contributed by atoms with Gasteiger partial charge in [0.2, 0.25) is 0 Å². The van der Waals surface area contributed by atoms with Crippen molar-refractivity contribution in [1.82, 2.24) is 9.82 Å². The highest BCUT2D eigenvalue weighted by Gasteiger charge is 2.17. The van der Waals surface area contributed by atoms with E-state index in [9.17, 15) is 8.42 Å². The molecule has 2 aromatic rings. The number of rotatable bonds is 4. The smallest absolute Gasteiger partial charge is 0.273 e. The van der Waals surface area contributed by atoms with Gasteiger partial charge in [-0.15, -0.1) is 0 Å². The molecule has 0 spiro atoms. The lowest BCUT2D eigenvalue weighted by Gasteiger charge is -2.05. The molecule has 7 heteroatoms. The Morgan fingerprint density at radius 2 is 2.11 bits per heavy atom. The van der Waals surface area contributed by atoms with Gasteiger partial charge in [-0.3, -0.25) is 4.55 Å². The van der Waals surface area contributed by atoms with E-state index in [0.29, 0.717) is 0 Å². The summed E-state index contributed by atoms with van der Waals surface area (Å²) in [6.45, 7) is 1.88. The highest BCUT2D eigenvalue weighted by molar-refractivity contribution is 7.83. The molecule has 1 aromatic carbocycles. The SMILES string of the molecule is C[C@H](CNS(=O)(=O)O)[n+]1ccc2ccccc2n1. The average molecular weight is 268 g/mol. The summed E-state index contributed by atoms with van der Waals surface area (Å²) < 4.78 is 33.5. The fraction of sp³-hybridized carbons (Fsp3) is 0.273. The van der Waals surface area contributed by atoms with Gasteiger partial charge in [-0.1, -0.05) is 22.9 Å². The molecule has 0 aliphatic rings. The Morgan fingerprint density at radius 3 is 2.83 bits per heavy atom. The molecular weight excluding hydrogens is 254 g/mol. The molecule has 0 aliphatic heterocycles. The van der Waals surface area contributed by atoms with Gasteiger partial charge in [0.25, 0.3) is 0 Å². The highest BCUT2D eigenvalue weighted by atomic mass is 32.2. The van der Waals surface area contributed by atoms with Crippen molar-refractivity contribution in [2.24, 2.45) is 0 Å². The second-order valence-corrected chi connectivity index (χ2v) is 5.27. The van der Waals surface area contributed by atoms with Gasteiger partial charge in [0.05, 0.1) is 6.54 Å². The number of nitrogens with zero attached hydrogens (tertiary/aromatic N) is 2. The maximum atomic E-state index is 10.6. The monoisotopic (exact) mass is 268 g/mol. The van der Waals surface area contributed by atoms with Crippen LogP contribution in [0.15, 0.2) is 36.5 Å². The summed E-state index contributed by atoms with van der Waals surface area (Å²) in [5, 5.41) is 5.39. The van der Waals surface area contributed by atoms with Gasteiger partial charge in [0.1, 0.15) is 5.52 Å². The molecule has 1 aromatic heterocycles. The summed E-state index contributed by atoms with van der Waals surface area (Å²) in [4.78, 5) is 0. The molecule has 0 unspecified atom stereocenters. The lowest BCUT2D eigenvalue weighted by atomic mass is 10.2. The van der Waals surface area contributed by atoms with Crippen LogP contribution in [0.25, 0.3) is 10.9 Å². The molecule has 0 fully saturated rings. The van der Waals surface area contributed by atoms with Gasteiger partial charge in [-0.05, 0) is 6.07 Å². The number of fused-ring (bicyclic) bond motifs is 1. The van der Waals surface area contributed by atoms with E-state index >= 15 is 0 Å². The molecule has 0 radical (unpaired) electrons. The maximum absolute atomic E-state index is 10.6. The minimum absolute atomic E-state index is 0.0782. The van der Waals surface area contributed by atoms with E-state index in [-0.39, 0.29) is 12.6 Å². The molecule has 2 rings (SSSR count). The van der Waals surface area contributed by atoms with Crippen molar-refractivity contribution in [2.75, 3.05) is 6.54 Å². The average Bonchev–Trinajstić information content (AvgIpc) is 2.34. The molecule has 18 heavy (non-hydrogen) atoms. The van der Waals surface area contributed by atoms with Crippen molar-refractivity contribution in [3.63, 3.8) is 0 Å². The van der Waals surface area contributed by atoms with Crippen LogP contribution >= 0.6 is 0 Å². The Labute approximate surface area is 105 Å². The number of aromatic nitrogens is 2. The second-order valence-electron chi connectivity index (χ2n) is 4.03. The van der Waals surface area contributed by atoms with Gasteiger partial charge in [0, 0.05) is 23.5 Å². The summed E-state index contributed by atoms with van der Waals surface area (Å²) in [5.41, 5.74) is 0.832.